The molecule has 3 rings (SSSR count). The van der Waals surface area contributed by atoms with Gasteiger partial charge in [-0.3, -0.25) is 9.59 Å². The van der Waals surface area contributed by atoms with E-state index in [4.69, 9.17) is 39.5 Å². The number of nitrogens with zero attached hydrogens (tertiary/aromatic N) is 1. The van der Waals surface area contributed by atoms with Gasteiger partial charge in [0.15, 0.2) is 0 Å². The van der Waals surface area contributed by atoms with Crippen molar-refractivity contribution in [2.24, 2.45) is 0 Å². The predicted octanol–water partition coefficient (Wildman–Crippen LogP) is 6.97. The van der Waals surface area contributed by atoms with Gasteiger partial charge in [0.2, 0.25) is 11.8 Å². The van der Waals surface area contributed by atoms with E-state index in [2.05, 4.69) is 5.32 Å². The van der Waals surface area contributed by atoms with Crippen LogP contribution in [0, 0.1) is 0 Å². The summed E-state index contributed by atoms with van der Waals surface area (Å²) in [5.41, 5.74) is 1.55. The molecule has 0 radical (unpaired) electrons. The van der Waals surface area contributed by atoms with Crippen LogP contribution in [0.2, 0.25) is 15.1 Å². The van der Waals surface area contributed by atoms with Crippen LogP contribution < -0.4 is 10.1 Å². The van der Waals surface area contributed by atoms with Crippen LogP contribution in [-0.2, 0) is 22.6 Å². The zero-order valence-corrected chi connectivity index (χ0v) is 23.2. The molecule has 0 fully saturated rings. The third-order valence-corrected chi connectivity index (χ3v) is 6.67. The van der Waals surface area contributed by atoms with Crippen molar-refractivity contribution >= 4 is 46.6 Å². The fourth-order valence-corrected chi connectivity index (χ4v) is 4.52. The number of ether oxygens (including phenoxy) is 1. The molecule has 37 heavy (non-hydrogen) atoms. The van der Waals surface area contributed by atoms with Crippen LogP contribution >= 0.6 is 34.8 Å². The maximum atomic E-state index is 13.6. The van der Waals surface area contributed by atoms with Gasteiger partial charge in [0.25, 0.3) is 0 Å². The van der Waals surface area contributed by atoms with Gasteiger partial charge < -0.3 is 15.0 Å². The lowest BCUT2D eigenvalue weighted by Crippen LogP contribution is -2.51. The number of amides is 2. The number of halogens is 3. The minimum Gasteiger partial charge on any atom is -0.494 e. The number of hydrogen-bond donors (Lipinski definition) is 1. The van der Waals surface area contributed by atoms with Gasteiger partial charge in [-0.25, -0.2) is 0 Å². The molecule has 1 atom stereocenters. The number of carbonyl (C=O) groups excluding carboxylic acids is 2. The van der Waals surface area contributed by atoms with Gasteiger partial charge in [-0.05, 0) is 62.2 Å². The molecule has 0 bridgehead atoms. The van der Waals surface area contributed by atoms with E-state index in [1.54, 1.807) is 47.4 Å². The van der Waals surface area contributed by atoms with Crippen molar-refractivity contribution in [1.82, 2.24) is 10.2 Å². The number of carbonyl (C=O) groups is 2. The lowest BCUT2D eigenvalue weighted by molar-refractivity contribution is -0.141. The van der Waals surface area contributed by atoms with Crippen LogP contribution in [0.15, 0.2) is 72.8 Å². The molecule has 3 aromatic carbocycles. The molecule has 0 aromatic heterocycles. The molecular weight excluding hydrogens is 531 g/mol. The van der Waals surface area contributed by atoms with Gasteiger partial charge in [0.05, 0.1) is 6.61 Å². The zero-order valence-electron chi connectivity index (χ0n) is 20.9. The average Bonchev–Trinajstić information content (AvgIpc) is 2.86. The van der Waals surface area contributed by atoms with E-state index in [0.717, 1.165) is 5.56 Å². The monoisotopic (exact) mass is 560 g/mol. The topological polar surface area (TPSA) is 58.6 Å². The first kappa shape index (κ1) is 28.8. The Labute approximate surface area is 233 Å². The first-order valence-corrected chi connectivity index (χ1v) is 13.3. The average molecular weight is 562 g/mol. The van der Waals surface area contributed by atoms with E-state index >= 15 is 0 Å². The highest BCUT2D eigenvalue weighted by Gasteiger charge is 2.31. The largest absolute Gasteiger partial charge is 0.494 e. The lowest BCUT2D eigenvalue weighted by atomic mass is 10.0. The molecule has 2 amide bonds. The van der Waals surface area contributed by atoms with E-state index in [9.17, 15) is 9.59 Å². The van der Waals surface area contributed by atoms with Crippen molar-refractivity contribution in [1.29, 1.82) is 0 Å². The summed E-state index contributed by atoms with van der Waals surface area (Å²) in [6.45, 7) is 4.24. The minimum atomic E-state index is -0.748. The second-order valence-corrected chi connectivity index (χ2v) is 10.2. The molecule has 196 valence electrons. The number of rotatable bonds is 12. The first-order valence-electron chi connectivity index (χ1n) is 12.2. The summed E-state index contributed by atoms with van der Waals surface area (Å²) in [4.78, 5) is 28.6. The number of hydrogen-bond acceptors (Lipinski definition) is 3. The summed E-state index contributed by atoms with van der Waals surface area (Å²) in [6, 6.07) is 21.1. The summed E-state index contributed by atoms with van der Waals surface area (Å²) in [6.07, 6.45) is 1.02. The molecule has 0 aliphatic heterocycles. The molecule has 0 heterocycles. The summed E-state index contributed by atoms with van der Waals surface area (Å²) < 4.78 is 5.75. The predicted molar refractivity (Wildman–Crippen MR) is 150 cm³/mol. The molecule has 3 aromatic rings. The Bertz CT molecular complexity index is 1150. The fraction of sp³-hybridized carbons (Fsp3) is 0.310. The Morgan fingerprint density at radius 1 is 0.892 bits per heavy atom. The highest BCUT2D eigenvalue weighted by atomic mass is 35.5. The van der Waals surface area contributed by atoms with Crippen LogP contribution in [0.25, 0.3) is 0 Å². The lowest BCUT2D eigenvalue weighted by Gasteiger charge is -2.32. The van der Waals surface area contributed by atoms with Crippen molar-refractivity contribution in [2.45, 2.75) is 51.7 Å². The van der Waals surface area contributed by atoms with Gasteiger partial charge in [0.1, 0.15) is 11.8 Å². The molecule has 0 aliphatic carbocycles. The standard InChI is InChI=1S/C29H31Cl3N2O3/c1-20(2)33-29(36)27(18-21-8-4-3-5-9-21)34(19-24-25(31)10-6-11-26(24)32)28(35)12-7-17-37-23-15-13-22(30)14-16-23/h3-6,8-11,13-16,20,27H,7,12,17-19H2,1-2H3,(H,33,36). The second-order valence-electron chi connectivity index (χ2n) is 9.00. The Hall–Kier alpha value is -2.73. The molecule has 0 spiro atoms. The normalized spacial score (nSPS) is 11.7. The van der Waals surface area contributed by atoms with E-state index in [0.29, 0.717) is 45.8 Å². The molecule has 0 saturated carbocycles. The molecule has 1 unspecified atom stereocenters. The Balaban J connectivity index is 1.83. The van der Waals surface area contributed by atoms with Gasteiger partial charge >= 0.3 is 0 Å². The summed E-state index contributed by atoms with van der Waals surface area (Å²) in [7, 11) is 0. The van der Waals surface area contributed by atoms with Crippen molar-refractivity contribution < 1.29 is 14.3 Å². The summed E-state index contributed by atoms with van der Waals surface area (Å²) in [5, 5.41) is 4.49. The second kappa shape index (κ2) is 14.3. The number of benzene rings is 3. The van der Waals surface area contributed by atoms with Gasteiger partial charge in [-0.2, -0.15) is 0 Å². The molecule has 0 aliphatic rings. The van der Waals surface area contributed by atoms with Gasteiger partial charge in [-0.1, -0.05) is 71.2 Å². The smallest absolute Gasteiger partial charge is 0.243 e. The molecule has 0 saturated heterocycles. The highest BCUT2D eigenvalue weighted by molar-refractivity contribution is 6.36. The van der Waals surface area contributed by atoms with Crippen molar-refractivity contribution in [3.8, 4) is 5.75 Å². The van der Waals surface area contributed by atoms with E-state index in [-0.39, 0.29) is 30.8 Å². The Kier molecular flexibility index (Phi) is 11.1. The van der Waals surface area contributed by atoms with Crippen molar-refractivity contribution in [3.05, 3.63) is 99.0 Å². The third kappa shape index (κ3) is 8.96. The molecular formula is C29H31Cl3N2O3. The molecule has 1 N–H and O–H groups in total. The van der Waals surface area contributed by atoms with Crippen LogP contribution in [-0.4, -0.2) is 35.4 Å². The zero-order chi connectivity index (χ0) is 26.8. The Morgan fingerprint density at radius 3 is 2.16 bits per heavy atom. The van der Waals surface area contributed by atoms with Crippen LogP contribution in [0.3, 0.4) is 0 Å². The van der Waals surface area contributed by atoms with Crippen LogP contribution in [0.1, 0.15) is 37.8 Å². The van der Waals surface area contributed by atoms with Gasteiger partial charge in [0, 0.05) is 46.1 Å². The van der Waals surface area contributed by atoms with Crippen molar-refractivity contribution in [3.63, 3.8) is 0 Å². The SMILES string of the molecule is CC(C)NC(=O)C(Cc1ccccc1)N(Cc1c(Cl)cccc1Cl)C(=O)CCCOc1ccc(Cl)cc1. The quantitative estimate of drug-likeness (QED) is 0.243. The number of nitrogens with one attached hydrogen (secondary N) is 1. The van der Waals surface area contributed by atoms with Gasteiger partial charge in [-0.15, -0.1) is 0 Å². The first-order chi connectivity index (χ1) is 17.7. The Morgan fingerprint density at radius 2 is 1.54 bits per heavy atom. The van der Waals surface area contributed by atoms with E-state index < -0.39 is 6.04 Å². The highest BCUT2D eigenvalue weighted by Crippen LogP contribution is 2.27. The summed E-state index contributed by atoms with van der Waals surface area (Å²) in [5.74, 6) is 0.262. The fourth-order valence-electron chi connectivity index (χ4n) is 3.88. The van der Waals surface area contributed by atoms with Crippen LogP contribution in [0.5, 0.6) is 5.75 Å². The maximum Gasteiger partial charge on any atom is 0.243 e. The summed E-state index contributed by atoms with van der Waals surface area (Å²) >= 11 is 18.8. The molecule has 8 heteroatoms. The minimum absolute atomic E-state index is 0.0839. The van der Waals surface area contributed by atoms with E-state index in [1.807, 2.05) is 44.2 Å². The maximum absolute atomic E-state index is 13.6. The third-order valence-electron chi connectivity index (χ3n) is 5.71. The van der Waals surface area contributed by atoms with Crippen LogP contribution in [0.4, 0.5) is 0 Å². The van der Waals surface area contributed by atoms with Crippen molar-refractivity contribution in [2.75, 3.05) is 6.61 Å². The molecule has 5 nitrogen and oxygen atoms in total. The van der Waals surface area contributed by atoms with E-state index in [1.165, 1.54) is 0 Å².